The molecule has 7 nitrogen and oxygen atoms in total. The Kier molecular flexibility index (Phi) is 3.94. The van der Waals surface area contributed by atoms with Gasteiger partial charge in [-0.05, 0) is 24.5 Å². The minimum Gasteiger partial charge on any atom is -0.396 e. The van der Waals surface area contributed by atoms with Crippen molar-refractivity contribution in [1.29, 1.82) is 0 Å². The third kappa shape index (κ3) is 3.41. The van der Waals surface area contributed by atoms with E-state index in [1.54, 1.807) is 6.07 Å². The van der Waals surface area contributed by atoms with Crippen LogP contribution >= 0.6 is 0 Å². The van der Waals surface area contributed by atoms with E-state index in [-0.39, 0.29) is 28.0 Å². The van der Waals surface area contributed by atoms with Gasteiger partial charge in [-0.2, -0.15) is 0 Å². The maximum atomic E-state index is 11.4. The number of sulfonamides is 1. The molecule has 0 saturated carbocycles. The zero-order valence-electron chi connectivity index (χ0n) is 10.7. The Balaban J connectivity index is 2.12. The van der Waals surface area contributed by atoms with E-state index in [0.717, 1.165) is 0 Å². The lowest BCUT2D eigenvalue weighted by Crippen LogP contribution is -2.18. The first-order valence-corrected chi connectivity index (χ1v) is 9.41. The van der Waals surface area contributed by atoms with Crippen LogP contribution in [-0.4, -0.2) is 34.9 Å². The predicted molar refractivity (Wildman–Crippen MR) is 77.5 cm³/mol. The predicted octanol–water partition coefficient (Wildman–Crippen LogP) is -0.237. The lowest BCUT2D eigenvalue weighted by Gasteiger charge is -2.14. The lowest BCUT2D eigenvalue weighted by atomic mass is 10.1. The zero-order chi connectivity index (χ0) is 15.0. The number of sulfone groups is 1. The van der Waals surface area contributed by atoms with Gasteiger partial charge in [0.1, 0.15) is 4.90 Å². The summed E-state index contributed by atoms with van der Waals surface area (Å²) < 4.78 is 45.4. The van der Waals surface area contributed by atoms with Crippen LogP contribution in [0.15, 0.2) is 23.1 Å². The Morgan fingerprint density at radius 1 is 1.35 bits per heavy atom. The molecule has 0 bridgehead atoms. The first kappa shape index (κ1) is 15.1. The molecule has 0 spiro atoms. The molecule has 0 aliphatic carbocycles. The van der Waals surface area contributed by atoms with E-state index < -0.39 is 19.9 Å². The maximum Gasteiger partial charge on any atom is 0.240 e. The number of nitrogen functional groups attached to an aromatic ring is 1. The van der Waals surface area contributed by atoms with Crippen molar-refractivity contribution in [2.24, 2.45) is 11.1 Å². The Morgan fingerprint density at radius 3 is 2.60 bits per heavy atom. The van der Waals surface area contributed by atoms with Crippen molar-refractivity contribution in [2.45, 2.75) is 11.3 Å². The number of rotatable bonds is 4. The van der Waals surface area contributed by atoms with Crippen LogP contribution in [0.1, 0.15) is 6.42 Å². The third-order valence-corrected chi connectivity index (χ3v) is 6.09. The quantitative estimate of drug-likeness (QED) is 0.656. The molecule has 5 N–H and O–H groups in total. The van der Waals surface area contributed by atoms with Crippen LogP contribution in [0.25, 0.3) is 0 Å². The number of nitrogens with two attached hydrogens (primary N) is 2. The van der Waals surface area contributed by atoms with Crippen molar-refractivity contribution in [3.8, 4) is 0 Å². The van der Waals surface area contributed by atoms with Gasteiger partial charge in [0.2, 0.25) is 10.0 Å². The van der Waals surface area contributed by atoms with Crippen LogP contribution in [0.5, 0.6) is 0 Å². The van der Waals surface area contributed by atoms with Gasteiger partial charge in [0, 0.05) is 6.54 Å². The van der Waals surface area contributed by atoms with Crippen molar-refractivity contribution in [3.05, 3.63) is 18.2 Å². The van der Waals surface area contributed by atoms with Crippen LogP contribution < -0.4 is 16.2 Å². The summed E-state index contributed by atoms with van der Waals surface area (Å²) in [6.45, 7) is 0.428. The molecular weight excluding hydrogens is 302 g/mol. The third-order valence-electron chi connectivity index (χ3n) is 3.28. The summed E-state index contributed by atoms with van der Waals surface area (Å²) in [4.78, 5) is -0.137. The summed E-state index contributed by atoms with van der Waals surface area (Å²) in [6, 6.07) is 4.49. The highest BCUT2D eigenvalue weighted by atomic mass is 32.2. The Bertz CT molecular complexity index is 713. The number of para-hydroxylation sites is 1. The van der Waals surface area contributed by atoms with Crippen LogP contribution in [0.4, 0.5) is 11.4 Å². The lowest BCUT2D eigenvalue weighted by molar-refractivity contribution is 0.595. The van der Waals surface area contributed by atoms with E-state index in [1.165, 1.54) is 12.1 Å². The number of benzene rings is 1. The van der Waals surface area contributed by atoms with Gasteiger partial charge in [-0.25, -0.2) is 22.0 Å². The number of nitrogens with one attached hydrogen (secondary N) is 1. The molecule has 1 heterocycles. The summed E-state index contributed by atoms with van der Waals surface area (Å²) in [7, 11) is -6.80. The second kappa shape index (κ2) is 5.23. The van der Waals surface area contributed by atoms with Gasteiger partial charge in [-0.3, -0.25) is 0 Å². The topological polar surface area (TPSA) is 132 Å². The molecule has 1 saturated heterocycles. The number of anilines is 2. The molecule has 0 amide bonds. The highest BCUT2D eigenvalue weighted by Gasteiger charge is 2.27. The van der Waals surface area contributed by atoms with Gasteiger partial charge in [0.15, 0.2) is 9.84 Å². The highest BCUT2D eigenvalue weighted by Crippen LogP contribution is 2.27. The second-order valence-electron chi connectivity index (χ2n) is 4.91. The van der Waals surface area contributed by atoms with Crippen LogP contribution in [0.3, 0.4) is 0 Å². The molecule has 0 aromatic heterocycles. The van der Waals surface area contributed by atoms with Gasteiger partial charge >= 0.3 is 0 Å². The van der Waals surface area contributed by atoms with Crippen molar-refractivity contribution >= 4 is 31.2 Å². The molecule has 1 atom stereocenters. The van der Waals surface area contributed by atoms with Crippen LogP contribution in [0, 0.1) is 5.92 Å². The summed E-state index contributed by atoms with van der Waals surface area (Å²) in [6.07, 6.45) is 0.601. The molecular formula is C11H17N3O4S2. The fourth-order valence-corrected chi connectivity index (χ4v) is 4.78. The SMILES string of the molecule is Nc1c(NCC2CCS(=O)(=O)C2)cccc1S(N)(=O)=O. The van der Waals surface area contributed by atoms with E-state index >= 15 is 0 Å². The first-order chi connectivity index (χ1) is 9.19. The molecule has 112 valence electrons. The average Bonchev–Trinajstić information content (AvgIpc) is 2.66. The molecule has 0 radical (unpaired) electrons. The molecule has 1 aromatic rings. The zero-order valence-corrected chi connectivity index (χ0v) is 12.4. The minimum absolute atomic E-state index is 0.0116. The van der Waals surface area contributed by atoms with Gasteiger partial charge in [-0.15, -0.1) is 0 Å². The summed E-state index contributed by atoms with van der Waals surface area (Å²) in [5, 5.41) is 8.06. The maximum absolute atomic E-state index is 11.4. The van der Waals surface area contributed by atoms with E-state index in [1.807, 2.05) is 0 Å². The fraction of sp³-hybridized carbons (Fsp3) is 0.455. The second-order valence-corrected chi connectivity index (χ2v) is 8.67. The van der Waals surface area contributed by atoms with Crippen LogP contribution in [-0.2, 0) is 19.9 Å². The molecule has 1 aliphatic heterocycles. The Hall–Kier alpha value is -1.32. The fourth-order valence-electron chi connectivity index (χ4n) is 2.23. The normalized spacial score (nSPS) is 21.8. The molecule has 20 heavy (non-hydrogen) atoms. The standard InChI is InChI=1S/C11H17N3O4S2/c12-11-9(2-1-3-10(11)20(13,17)18)14-6-8-4-5-19(15,16)7-8/h1-3,8,14H,4-7,12H2,(H2,13,17,18). The van der Waals surface area contributed by atoms with E-state index in [0.29, 0.717) is 18.7 Å². The van der Waals surface area contributed by atoms with Gasteiger partial charge in [0.25, 0.3) is 0 Å². The summed E-state index contributed by atoms with van der Waals surface area (Å²) in [5.74, 6) is 0.360. The molecule has 2 rings (SSSR count). The molecule has 9 heteroatoms. The van der Waals surface area contributed by atoms with Gasteiger partial charge in [-0.1, -0.05) is 6.07 Å². The van der Waals surface area contributed by atoms with E-state index in [2.05, 4.69) is 5.32 Å². The molecule has 1 aliphatic rings. The summed E-state index contributed by atoms with van der Waals surface area (Å²) >= 11 is 0. The van der Waals surface area contributed by atoms with E-state index in [9.17, 15) is 16.8 Å². The van der Waals surface area contributed by atoms with Crippen LogP contribution in [0.2, 0.25) is 0 Å². The minimum atomic E-state index is -3.87. The Labute approximate surface area is 118 Å². The first-order valence-electron chi connectivity index (χ1n) is 6.04. The largest absolute Gasteiger partial charge is 0.396 e. The van der Waals surface area contributed by atoms with Crippen molar-refractivity contribution < 1.29 is 16.8 Å². The van der Waals surface area contributed by atoms with Gasteiger partial charge < -0.3 is 11.1 Å². The molecule has 1 aromatic carbocycles. The average molecular weight is 319 g/mol. The van der Waals surface area contributed by atoms with Crippen molar-refractivity contribution in [3.63, 3.8) is 0 Å². The number of hydrogen-bond donors (Lipinski definition) is 3. The van der Waals surface area contributed by atoms with Gasteiger partial charge in [0.05, 0.1) is 22.9 Å². The summed E-state index contributed by atoms with van der Waals surface area (Å²) in [5.41, 5.74) is 6.26. The highest BCUT2D eigenvalue weighted by molar-refractivity contribution is 7.91. The Morgan fingerprint density at radius 2 is 2.05 bits per heavy atom. The number of hydrogen-bond acceptors (Lipinski definition) is 6. The monoisotopic (exact) mass is 319 g/mol. The van der Waals surface area contributed by atoms with Crippen molar-refractivity contribution in [1.82, 2.24) is 0 Å². The van der Waals surface area contributed by atoms with Crippen molar-refractivity contribution in [2.75, 3.05) is 29.1 Å². The smallest absolute Gasteiger partial charge is 0.240 e. The molecule has 1 unspecified atom stereocenters. The number of primary sulfonamides is 1. The van der Waals surface area contributed by atoms with E-state index in [4.69, 9.17) is 10.9 Å². The molecule has 1 fully saturated rings.